The van der Waals surface area contributed by atoms with Gasteiger partial charge in [-0.15, -0.1) is 0 Å². The summed E-state index contributed by atoms with van der Waals surface area (Å²) in [6.45, 7) is 10.2. The molecule has 0 aliphatic rings. The molecule has 2 rings (SSSR count). The summed E-state index contributed by atoms with van der Waals surface area (Å²) in [5.41, 5.74) is 2.52. The monoisotopic (exact) mass is 371 g/mol. The molecule has 1 aromatic carbocycles. The minimum Gasteiger partial charge on any atom is -0.444 e. The van der Waals surface area contributed by atoms with Crippen molar-refractivity contribution < 1.29 is 9.21 Å². The van der Waals surface area contributed by atoms with E-state index in [0.29, 0.717) is 37.0 Å². The Morgan fingerprint density at radius 2 is 2.00 bits per heavy atom. The molecule has 7 nitrogen and oxygen atoms in total. The van der Waals surface area contributed by atoms with Crippen LogP contribution >= 0.6 is 0 Å². The van der Waals surface area contributed by atoms with E-state index in [-0.39, 0.29) is 5.91 Å². The first-order valence-electron chi connectivity index (χ1n) is 9.35. The Hall–Kier alpha value is -2.83. The summed E-state index contributed by atoms with van der Waals surface area (Å²) in [6, 6.07) is 7.53. The van der Waals surface area contributed by atoms with E-state index < -0.39 is 0 Å². The highest BCUT2D eigenvalue weighted by Gasteiger charge is 2.07. The first-order valence-corrected chi connectivity index (χ1v) is 9.35. The normalized spacial score (nSPS) is 11.3. The van der Waals surface area contributed by atoms with Crippen molar-refractivity contribution in [3.63, 3.8) is 0 Å². The van der Waals surface area contributed by atoms with E-state index in [9.17, 15) is 4.79 Å². The fraction of sp³-hybridized carbons (Fsp3) is 0.450. The first kappa shape index (κ1) is 20.5. The lowest BCUT2D eigenvalue weighted by Crippen LogP contribution is -2.36. The number of carbonyl (C=O) groups is 1. The van der Waals surface area contributed by atoms with Gasteiger partial charge in [0.2, 0.25) is 5.89 Å². The van der Waals surface area contributed by atoms with Crippen LogP contribution in [0.1, 0.15) is 53.5 Å². The van der Waals surface area contributed by atoms with Crippen molar-refractivity contribution in [1.82, 2.24) is 20.9 Å². The predicted octanol–water partition coefficient (Wildman–Crippen LogP) is 2.69. The summed E-state index contributed by atoms with van der Waals surface area (Å²) in [7, 11) is 0. The second kappa shape index (κ2) is 10.4. The zero-order valence-electron chi connectivity index (χ0n) is 16.6. The number of hydrogen-bond acceptors (Lipinski definition) is 4. The average Bonchev–Trinajstić information content (AvgIpc) is 3.00. The van der Waals surface area contributed by atoms with Gasteiger partial charge >= 0.3 is 0 Å². The minimum atomic E-state index is -0.0534. The number of aryl methyl sites for hydroxylation is 2. The van der Waals surface area contributed by atoms with Gasteiger partial charge in [-0.05, 0) is 44.9 Å². The number of nitrogens with one attached hydrogen (secondary N) is 3. The Bertz CT molecular complexity index is 763. The fourth-order valence-electron chi connectivity index (χ4n) is 2.44. The standard InChI is InChI=1S/C20H29N5O2/c1-5-10-22-19(26)17-9-7-8-16(11-17)12-23-20(21-6-2)24-13-18-25-14(3)15(4)27-18/h7-9,11H,5-6,10,12-13H2,1-4H3,(H,22,26)(H2,21,23,24). The molecule has 0 spiro atoms. The molecule has 0 saturated carbocycles. The summed E-state index contributed by atoms with van der Waals surface area (Å²) >= 11 is 0. The molecule has 146 valence electrons. The third-order valence-corrected chi connectivity index (χ3v) is 3.97. The summed E-state index contributed by atoms with van der Waals surface area (Å²) in [5, 5.41) is 9.31. The molecule has 0 saturated heterocycles. The Morgan fingerprint density at radius 3 is 2.67 bits per heavy atom. The molecule has 0 unspecified atom stereocenters. The number of aromatic nitrogens is 1. The van der Waals surface area contributed by atoms with Gasteiger partial charge in [0.05, 0.1) is 18.8 Å². The summed E-state index contributed by atoms with van der Waals surface area (Å²) in [4.78, 5) is 21.0. The second-order valence-corrected chi connectivity index (χ2v) is 6.25. The van der Waals surface area contributed by atoms with Gasteiger partial charge in [-0.2, -0.15) is 0 Å². The van der Waals surface area contributed by atoms with Crippen molar-refractivity contribution >= 4 is 11.9 Å². The van der Waals surface area contributed by atoms with Gasteiger partial charge in [-0.1, -0.05) is 19.1 Å². The van der Waals surface area contributed by atoms with Crippen LogP contribution in [0.4, 0.5) is 0 Å². The molecule has 0 bridgehead atoms. The quantitative estimate of drug-likeness (QED) is 0.490. The van der Waals surface area contributed by atoms with E-state index in [1.54, 1.807) is 0 Å². The lowest BCUT2D eigenvalue weighted by Gasteiger charge is -2.10. The van der Waals surface area contributed by atoms with Crippen LogP contribution in [0.25, 0.3) is 0 Å². The third-order valence-electron chi connectivity index (χ3n) is 3.97. The molecule has 0 atom stereocenters. The van der Waals surface area contributed by atoms with Gasteiger partial charge < -0.3 is 20.4 Å². The number of benzene rings is 1. The average molecular weight is 371 g/mol. The van der Waals surface area contributed by atoms with Gasteiger partial charge in [0.1, 0.15) is 5.76 Å². The second-order valence-electron chi connectivity index (χ2n) is 6.25. The number of amides is 1. The van der Waals surface area contributed by atoms with E-state index in [0.717, 1.165) is 30.0 Å². The number of aliphatic imine (C=N–C) groups is 1. The number of guanidine groups is 1. The summed E-state index contributed by atoms with van der Waals surface area (Å²) in [5.74, 6) is 2.08. The summed E-state index contributed by atoms with van der Waals surface area (Å²) < 4.78 is 5.58. The van der Waals surface area contributed by atoms with E-state index in [4.69, 9.17) is 4.42 Å². The zero-order valence-corrected chi connectivity index (χ0v) is 16.6. The zero-order chi connectivity index (χ0) is 19.6. The minimum absolute atomic E-state index is 0.0534. The molecule has 0 aliphatic heterocycles. The van der Waals surface area contributed by atoms with Crippen LogP contribution < -0.4 is 16.0 Å². The lowest BCUT2D eigenvalue weighted by atomic mass is 10.1. The maximum absolute atomic E-state index is 12.1. The molecule has 1 aromatic heterocycles. The topological polar surface area (TPSA) is 91.5 Å². The van der Waals surface area contributed by atoms with E-state index in [2.05, 4.69) is 25.9 Å². The van der Waals surface area contributed by atoms with Gasteiger partial charge in [-0.3, -0.25) is 4.79 Å². The van der Waals surface area contributed by atoms with Crippen molar-refractivity contribution in [3.8, 4) is 0 Å². The molecule has 27 heavy (non-hydrogen) atoms. The van der Waals surface area contributed by atoms with Crippen molar-refractivity contribution in [1.29, 1.82) is 0 Å². The number of hydrogen-bond donors (Lipinski definition) is 3. The highest BCUT2D eigenvalue weighted by atomic mass is 16.4. The predicted molar refractivity (Wildman–Crippen MR) is 107 cm³/mol. The van der Waals surface area contributed by atoms with Crippen molar-refractivity contribution in [2.75, 3.05) is 13.1 Å². The fourth-order valence-corrected chi connectivity index (χ4v) is 2.44. The number of carbonyl (C=O) groups excluding carboxylic acids is 1. The third kappa shape index (κ3) is 6.44. The molecule has 0 fully saturated rings. The number of nitrogens with zero attached hydrogens (tertiary/aromatic N) is 2. The van der Waals surface area contributed by atoms with Crippen LogP contribution in [0.2, 0.25) is 0 Å². The molecule has 1 amide bonds. The molecule has 0 aliphatic carbocycles. The molecule has 2 aromatic rings. The van der Waals surface area contributed by atoms with Crippen LogP contribution in [0, 0.1) is 13.8 Å². The maximum atomic E-state index is 12.1. The van der Waals surface area contributed by atoms with Crippen molar-refractivity contribution in [2.24, 2.45) is 4.99 Å². The summed E-state index contributed by atoms with van der Waals surface area (Å²) in [6.07, 6.45) is 0.914. The smallest absolute Gasteiger partial charge is 0.251 e. The van der Waals surface area contributed by atoms with Crippen LogP contribution in [-0.4, -0.2) is 29.9 Å². The van der Waals surface area contributed by atoms with Gasteiger partial charge in [0, 0.05) is 18.7 Å². The largest absolute Gasteiger partial charge is 0.444 e. The van der Waals surface area contributed by atoms with E-state index in [1.807, 2.05) is 52.0 Å². The van der Waals surface area contributed by atoms with E-state index in [1.165, 1.54) is 0 Å². The van der Waals surface area contributed by atoms with Crippen molar-refractivity contribution in [2.45, 2.75) is 47.2 Å². The Balaban J connectivity index is 2.00. The molecular weight excluding hydrogens is 342 g/mol. The number of rotatable bonds is 8. The lowest BCUT2D eigenvalue weighted by molar-refractivity contribution is 0.0953. The molecule has 3 N–H and O–H groups in total. The van der Waals surface area contributed by atoms with Gasteiger partial charge in [0.25, 0.3) is 5.91 Å². The highest BCUT2D eigenvalue weighted by Crippen LogP contribution is 2.08. The van der Waals surface area contributed by atoms with Crippen LogP contribution in [0.3, 0.4) is 0 Å². The Morgan fingerprint density at radius 1 is 1.19 bits per heavy atom. The van der Waals surface area contributed by atoms with E-state index >= 15 is 0 Å². The molecule has 1 heterocycles. The van der Waals surface area contributed by atoms with Gasteiger partial charge in [-0.25, -0.2) is 9.98 Å². The van der Waals surface area contributed by atoms with Crippen LogP contribution in [0.15, 0.2) is 33.7 Å². The first-order chi connectivity index (χ1) is 13.0. The SMILES string of the molecule is CCCNC(=O)c1cccc(CN=C(NCC)NCc2nc(C)c(C)o2)c1. The van der Waals surface area contributed by atoms with Crippen LogP contribution in [-0.2, 0) is 13.1 Å². The molecular formula is C20H29N5O2. The highest BCUT2D eigenvalue weighted by molar-refractivity contribution is 5.94. The van der Waals surface area contributed by atoms with Gasteiger partial charge in [0.15, 0.2) is 5.96 Å². The van der Waals surface area contributed by atoms with Crippen molar-refractivity contribution in [3.05, 3.63) is 52.7 Å². The molecule has 7 heteroatoms. The Labute approximate surface area is 160 Å². The maximum Gasteiger partial charge on any atom is 0.251 e. The Kier molecular flexibility index (Phi) is 7.85. The van der Waals surface area contributed by atoms with Crippen LogP contribution in [0.5, 0.6) is 0 Å². The number of oxazole rings is 1. The molecule has 0 radical (unpaired) electrons.